The molecule has 0 spiro atoms. The van der Waals surface area contributed by atoms with Crippen LogP contribution in [-0.2, 0) is 11.3 Å². The van der Waals surface area contributed by atoms with E-state index in [4.69, 9.17) is 4.74 Å². The molecule has 0 aliphatic carbocycles. The fraction of sp³-hybridized carbons (Fsp3) is 0.278. The third kappa shape index (κ3) is 6.90. The second-order valence-corrected chi connectivity index (χ2v) is 6.37. The van der Waals surface area contributed by atoms with Crippen molar-refractivity contribution in [1.82, 2.24) is 10.3 Å². The Bertz CT molecular complexity index is 709. The summed E-state index contributed by atoms with van der Waals surface area (Å²) in [7, 11) is 0. The summed E-state index contributed by atoms with van der Waals surface area (Å²) in [4.78, 5) is 27.6. The first-order valence-electron chi connectivity index (χ1n) is 7.86. The predicted molar refractivity (Wildman–Crippen MR) is 96.4 cm³/mol. The van der Waals surface area contributed by atoms with Gasteiger partial charge in [-0.3, -0.25) is 10.3 Å². The van der Waals surface area contributed by atoms with Crippen LogP contribution in [0, 0.1) is 0 Å². The van der Waals surface area contributed by atoms with E-state index in [2.05, 4.69) is 20.9 Å². The average Bonchev–Trinajstić information content (AvgIpc) is 2.54. The molecule has 0 fully saturated rings. The van der Waals surface area contributed by atoms with Gasteiger partial charge in [0.25, 0.3) is 0 Å². The molecular weight excluding hydrogens is 320 g/mol. The standard InChI is InChI=1S/C18H22N4O3/c1-18(2,3)25-17(24)22-15-8-6-14(7-9-15)21-16(23)20-12-13-5-4-10-19-11-13/h4-11H,12H2,1-3H3,(H,22,24)(H2,20,21,23). The Labute approximate surface area is 146 Å². The molecule has 2 aromatic rings. The second kappa shape index (κ2) is 8.14. The second-order valence-electron chi connectivity index (χ2n) is 6.37. The van der Waals surface area contributed by atoms with Crippen molar-refractivity contribution in [2.24, 2.45) is 0 Å². The molecule has 3 N–H and O–H groups in total. The maximum Gasteiger partial charge on any atom is 0.412 e. The summed E-state index contributed by atoms with van der Waals surface area (Å²) in [6.45, 7) is 5.77. The SMILES string of the molecule is CC(C)(C)OC(=O)Nc1ccc(NC(=O)NCc2cccnc2)cc1. The van der Waals surface area contributed by atoms with Crippen LogP contribution in [0.4, 0.5) is 21.0 Å². The molecule has 0 aliphatic rings. The van der Waals surface area contributed by atoms with Crippen LogP contribution in [-0.4, -0.2) is 22.7 Å². The highest BCUT2D eigenvalue weighted by atomic mass is 16.6. The fourth-order valence-corrected chi connectivity index (χ4v) is 1.92. The summed E-state index contributed by atoms with van der Waals surface area (Å²) in [5.41, 5.74) is 1.54. The number of rotatable bonds is 4. The van der Waals surface area contributed by atoms with E-state index in [-0.39, 0.29) is 6.03 Å². The highest BCUT2D eigenvalue weighted by molar-refractivity contribution is 5.90. The zero-order chi connectivity index (χ0) is 18.3. The summed E-state index contributed by atoms with van der Waals surface area (Å²) in [5.74, 6) is 0. The summed E-state index contributed by atoms with van der Waals surface area (Å²) < 4.78 is 5.18. The average molecular weight is 342 g/mol. The number of pyridine rings is 1. The first kappa shape index (κ1) is 18.3. The van der Waals surface area contributed by atoms with Gasteiger partial charge in [-0.15, -0.1) is 0 Å². The van der Waals surface area contributed by atoms with Gasteiger partial charge in [0.15, 0.2) is 0 Å². The van der Waals surface area contributed by atoms with Gasteiger partial charge in [-0.2, -0.15) is 0 Å². The van der Waals surface area contributed by atoms with Crippen molar-refractivity contribution >= 4 is 23.5 Å². The van der Waals surface area contributed by atoms with Gasteiger partial charge in [0.05, 0.1) is 0 Å². The Balaban J connectivity index is 1.81. The molecule has 0 atom stereocenters. The third-order valence-electron chi connectivity index (χ3n) is 2.96. The Kier molecular flexibility index (Phi) is 5.94. The van der Waals surface area contributed by atoms with Crippen LogP contribution in [0.1, 0.15) is 26.3 Å². The highest BCUT2D eigenvalue weighted by Gasteiger charge is 2.16. The van der Waals surface area contributed by atoms with Gasteiger partial charge >= 0.3 is 12.1 Å². The predicted octanol–water partition coefficient (Wildman–Crippen LogP) is 3.75. The van der Waals surface area contributed by atoms with Crippen LogP contribution in [0.15, 0.2) is 48.8 Å². The smallest absolute Gasteiger partial charge is 0.412 e. The minimum absolute atomic E-state index is 0.322. The fourth-order valence-electron chi connectivity index (χ4n) is 1.92. The van der Waals surface area contributed by atoms with Crippen molar-refractivity contribution < 1.29 is 14.3 Å². The van der Waals surface area contributed by atoms with Crippen molar-refractivity contribution in [3.8, 4) is 0 Å². The number of carbonyl (C=O) groups is 2. The zero-order valence-electron chi connectivity index (χ0n) is 14.5. The number of anilines is 2. The molecular formula is C18H22N4O3. The molecule has 0 saturated heterocycles. The lowest BCUT2D eigenvalue weighted by atomic mass is 10.2. The van der Waals surface area contributed by atoms with Crippen LogP contribution in [0.3, 0.4) is 0 Å². The van der Waals surface area contributed by atoms with Gasteiger partial charge in [0.1, 0.15) is 5.60 Å². The van der Waals surface area contributed by atoms with Crippen molar-refractivity contribution in [1.29, 1.82) is 0 Å². The van der Waals surface area contributed by atoms with E-state index in [9.17, 15) is 9.59 Å². The van der Waals surface area contributed by atoms with Gasteiger partial charge in [0, 0.05) is 30.3 Å². The monoisotopic (exact) mass is 342 g/mol. The maximum absolute atomic E-state index is 11.9. The number of aromatic nitrogens is 1. The molecule has 0 aliphatic heterocycles. The van der Waals surface area contributed by atoms with Crippen LogP contribution < -0.4 is 16.0 Å². The number of hydrogen-bond acceptors (Lipinski definition) is 4. The minimum Gasteiger partial charge on any atom is -0.444 e. The number of ether oxygens (including phenoxy) is 1. The molecule has 7 nitrogen and oxygen atoms in total. The number of nitrogens with one attached hydrogen (secondary N) is 3. The van der Waals surface area contributed by atoms with Gasteiger partial charge in [-0.25, -0.2) is 9.59 Å². The van der Waals surface area contributed by atoms with E-state index in [0.29, 0.717) is 17.9 Å². The molecule has 0 bridgehead atoms. The van der Waals surface area contributed by atoms with Crippen LogP contribution in [0.25, 0.3) is 0 Å². The Hall–Kier alpha value is -3.09. The number of nitrogens with zero attached hydrogens (tertiary/aromatic N) is 1. The normalized spacial score (nSPS) is 10.7. The summed E-state index contributed by atoms with van der Waals surface area (Å²) in [6.07, 6.45) is 2.84. The number of amides is 3. The van der Waals surface area contributed by atoms with Crippen molar-refractivity contribution in [2.45, 2.75) is 32.9 Å². The third-order valence-corrected chi connectivity index (χ3v) is 2.96. The molecule has 25 heavy (non-hydrogen) atoms. The van der Waals surface area contributed by atoms with E-state index < -0.39 is 11.7 Å². The number of benzene rings is 1. The van der Waals surface area contributed by atoms with E-state index in [1.807, 2.05) is 12.1 Å². The molecule has 3 amide bonds. The summed E-state index contributed by atoms with van der Waals surface area (Å²) in [5, 5.41) is 8.09. The van der Waals surface area contributed by atoms with E-state index in [1.165, 1.54) is 0 Å². The van der Waals surface area contributed by atoms with E-state index in [0.717, 1.165) is 5.56 Å². The lowest BCUT2D eigenvalue weighted by molar-refractivity contribution is 0.0636. The number of carbonyl (C=O) groups excluding carboxylic acids is 2. The van der Waals surface area contributed by atoms with Crippen LogP contribution in [0.2, 0.25) is 0 Å². The number of hydrogen-bond donors (Lipinski definition) is 3. The van der Waals surface area contributed by atoms with Gasteiger partial charge < -0.3 is 15.4 Å². The van der Waals surface area contributed by atoms with E-state index >= 15 is 0 Å². The van der Waals surface area contributed by atoms with Crippen molar-refractivity contribution in [3.63, 3.8) is 0 Å². The molecule has 0 radical (unpaired) electrons. The minimum atomic E-state index is -0.558. The molecule has 2 rings (SSSR count). The van der Waals surface area contributed by atoms with Crippen molar-refractivity contribution in [2.75, 3.05) is 10.6 Å². The first-order chi connectivity index (χ1) is 11.8. The van der Waals surface area contributed by atoms with Crippen molar-refractivity contribution in [3.05, 3.63) is 54.4 Å². The van der Waals surface area contributed by atoms with E-state index in [1.54, 1.807) is 57.4 Å². The van der Waals surface area contributed by atoms with Crippen LogP contribution in [0.5, 0.6) is 0 Å². The molecule has 0 unspecified atom stereocenters. The highest BCUT2D eigenvalue weighted by Crippen LogP contribution is 2.15. The maximum atomic E-state index is 11.9. The lowest BCUT2D eigenvalue weighted by Gasteiger charge is -2.19. The quantitative estimate of drug-likeness (QED) is 0.789. The summed E-state index contributed by atoms with van der Waals surface area (Å²) >= 11 is 0. The molecule has 1 aromatic carbocycles. The first-order valence-corrected chi connectivity index (χ1v) is 7.86. The Morgan fingerprint density at radius 3 is 2.24 bits per heavy atom. The Morgan fingerprint density at radius 1 is 1.04 bits per heavy atom. The van der Waals surface area contributed by atoms with Gasteiger partial charge in [-0.05, 0) is 56.7 Å². The van der Waals surface area contributed by atoms with Crippen LogP contribution >= 0.6 is 0 Å². The topological polar surface area (TPSA) is 92.4 Å². The molecule has 132 valence electrons. The molecule has 1 aromatic heterocycles. The molecule has 7 heteroatoms. The van der Waals surface area contributed by atoms with Gasteiger partial charge in [-0.1, -0.05) is 6.07 Å². The zero-order valence-corrected chi connectivity index (χ0v) is 14.5. The molecule has 0 saturated carbocycles. The Morgan fingerprint density at radius 2 is 1.68 bits per heavy atom. The largest absolute Gasteiger partial charge is 0.444 e. The van der Waals surface area contributed by atoms with Gasteiger partial charge in [0.2, 0.25) is 0 Å². The number of urea groups is 1. The lowest BCUT2D eigenvalue weighted by Crippen LogP contribution is -2.28. The molecule has 1 heterocycles. The summed E-state index contributed by atoms with van der Waals surface area (Å²) in [6, 6.07) is 10.1.